The minimum atomic E-state index is 0.512. The molecular formula is C22H31N. The molecule has 0 unspecified atom stereocenters. The Morgan fingerprint density at radius 3 is 1.87 bits per heavy atom. The van der Waals surface area contributed by atoms with Gasteiger partial charge in [-0.25, -0.2) is 0 Å². The lowest BCUT2D eigenvalue weighted by atomic mass is 9.52. The maximum absolute atomic E-state index is 2.98. The van der Waals surface area contributed by atoms with Crippen LogP contribution in [0.15, 0.2) is 30.3 Å². The molecule has 5 aliphatic rings. The summed E-state index contributed by atoms with van der Waals surface area (Å²) < 4.78 is 0. The summed E-state index contributed by atoms with van der Waals surface area (Å²) >= 11 is 0. The highest BCUT2D eigenvalue weighted by Crippen LogP contribution is 2.59. The number of anilines is 1. The third-order valence-electron chi connectivity index (χ3n) is 7.49. The molecule has 5 saturated carbocycles. The average molecular weight is 309 g/mol. The van der Waals surface area contributed by atoms with Gasteiger partial charge in [0.2, 0.25) is 0 Å². The third-order valence-corrected chi connectivity index (χ3v) is 7.49. The molecule has 0 aromatic heterocycles. The van der Waals surface area contributed by atoms with Crippen molar-refractivity contribution >= 4 is 5.69 Å². The summed E-state index contributed by atoms with van der Waals surface area (Å²) in [5.41, 5.74) is 2.04. The van der Waals surface area contributed by atoms with E-state index in [2.05, 4.69) is 35.2 Å². The molecule has 6 rings (SSSR count). The Balaban J connectivity index is 1.54. The first-order valence-electron chi connectivity index (χ1n) is 10.2. The van der Waals surface area contributed by atoms with Gasteiger partial charge in [-0.15, -0.1) is 0 Å². The highest BCUT2D eigenvalue weighted by molar-refractivity contribution is 5.51. The predicted molar refractivity (Wildman–Crippen MR) is 96.7 cm³/mol. The average Bonchev–Trinajstić information content (AvgIpc) is 2.55. The molecule has 23 heavy (non-hydrogen) atoms. The van der Waals surface area contributed by atoms with Crippen LogP contribution in [0.4, 0.5) is 5.69 Å². The van der Waals surface area contributed by atoms with E-state index in [4.69, 9.17) is 0 Å². The zero-order chi connectivity index (χ0) is 15.3. The number of rotatable bonds is 3. The molecule has 4 bridgehead atoms. The van der Waals surface area contributed by atoms with Crippen LogP contribution in [0.5, 0.6) is 0 Å². The Bertz CT molecular complexity index is 507. The van der Waals surface area contributed by atoms with Crippen LogP contribution in [0.25, 0.3) is 0 Å². The second-order valence-corrected chi connectivity index (χ2v) is 9.14. The van der Waals surface area contributed by atoms with Gasteiger partial charge in [0.1, 0.15) is 0 Å². The molecule has 0 spiro atoms. The molecule has 124 valence electrons. The molecule has 1 nitrogen and oxygen atoms in total. The van der Waals surface area contributed by atoms with Crippen molar-refractivity contribution < 1.29 is 0 Å². The van der Waals surface area contributed by atoms with Crippen LogP contribution in [0.1, 0.15) is 70.6 Å². The van der Waals surface area contributed by atoms with Crippen LogP contribution in [0, 0.1) is 17.8 Å². The topological polar surface area (TPSA) is 3.24 Å². The largest absolute Gasteiger partial charge is 0.363 e. The maximum atomic E-state index is 2.98. The molecule has 0 atom stereocenters. The summed E-state index contributed by atoms with van der Waals surface area (Å²) in [6.45, 7) is 0. The molecule has 0 heterocycles. The number of benzene rings is 1. The number of hydrogen-bond donors (Lipinski definition) is 0. The van der Waals surface area contributed by atoms with E-state index in [1.807, 2.05) is 0 Å². The van der Waals surface area contributed by atoms with Crippen molar-refractivity contribution in [3.05, 3.63) is 30.3 Å². The second-order valence-electron chi connectivity index (χ2n) is 9.14. The van der Waals surface area contributed by atoms with Crippen LogP contribution in [-0.4, -0.2) is 11.6 Å². The van der Waals surface area contributed by atoms with Crippen molar-refractivity contribution in [2.45, 2.75) is 82.2 Å². The fourth-order valence-electron chi connectivity index (χ4n) is 7.16. The van der Waals surface area contributed by atoms with Gasteiger partial charge in [-0.05, 0) is 81.3 Å². The summed E-state index contributed by atoms with van der Waals surface area (Å²) in [5, 5.41) is 0. The third kappa shape index (κ3) is 2.42. The molecule has 5 fully saturated rings. The Morgan fingerprint density at radius 1 is 0.739 bits per heavy atom. The molecule has 0 radical (unpaired) electrons. The lowest BCUT2D eigenvalue weighted by molar-refractivity contribution is -0.00956. The summed E-state index contributed by atoms with van der Waals surface area (Å²) in [6.07, 6.45) is 16.3. The van der Waals surface area contributed by atoms with Gasteiger partial charge in [0.05, 0.1) is 0 Å². The van der Waals surface area contributed by atoms with E-state index >= 15 is 0 Å². The van der Waals surface area contributed by atoms with Gasteiger partial charge < -0.3 is 4.90 Å². The minimum absolute atomic E-state index is 0.512. The summed E-state index contributed by atoms with van der Waals surface area (Å²) in [5.74, 6) is 3.11. The van der Waals surface area contributed by atoms with Gasteiger partial charge in [-0.3, -0.25) is 0 Å². The van der Waals surface area contributed by atoms with E-state index in [1.165, 1.54) is 57.1 Å². The van der Waals surface area contributed by atoms with E-state index in [0.29, 0.717) is 5.54 Å². The van der Waals surface area contributed by atoms with Gasteiger partial charge in [0.15, 0.2) is 0 Å². The van der Waals surface area contributed by atoms with Gasteiger partial charge in [0, 0.05) is 17.3 Å². The van der Waals surface area contributed by atoms with Crippen molar-refractivity contribution in [1.29, 1.82) is 0 Å². The first-order valence-corrected chi connectivity index (χ1v) is 10.2. The van der Waals surface area contributed by atoms with Crippen molar-refractivity contribution in [2.24, 2.45) is 17.8 Å². The van der Waals surface area contributed by atoms with Gasteiger partial charge in [-0.1, -0.05) is 37.5 Å². The van der Waals surface area contributed by atoms with E-state index < -0.39 is 0 Å². The van der Waals surface area contributed by atoms with Crippen LogP contribution >= 0.6 is 0 Å². The molecule has 0 N–H and O–H groups in total. The first kappa shape index (κ1) is 14.4. The molecule has 0 saturated heterocycles. The van der Waals surface area contributed by atoms with E-state index in [1.54, 1.807) is 19.3 Å². The standard InChI is InChI=1S/C22H31N/c1-3-7-20(8-4-1)23(21-9-5-2-6-10-21)22-14-17-11-18(15-22)13-19(12-17)16-22/h1,3-4,7-8,17-19,21H,2,5-6,9-16H2. The highest BCUT2D eigenvalue weighted by Gasteiger charge is 2.54. The molecule has 1 aromatic rings. The number of hydrogen-bond acceptors (Lipinski definition) is 1. The second kappa shape index (κ2) is 5.53. The molecular weight excluding hydrogens is 278 g/mol. The van der Waals surface area contributed by atoms with Gasteiger partial charge in [0.25, 0.3) is 0 Å². The summed E-state index contributed by atoms with van der Waals surface area (Å²) in [6, 6.07) is 12.3. The van der Waals surface area contributed by atoms with Gasteiger partial charge >= 0.3 is 0 Å². The predicted octanol–water partition coefficient (Wildman–Crippen LogP) is 5.79. The zero-order valence-electron chi connectivity index (χ0n) is 14.4. The number of para-hydroxylation sites is 1. The van der Waals surface area contributed by atoms with Crippen LogP contribution in [0.2, 0.25) is 0 Å². The fourth-order valence-corrected chi connectivity index (χ4v) is 7.16. The smallest absolute Gasteiger partial charge is 0.0413 e. The SMILES string of the molecule is c1ccc(N(C2CCCCC2)C23CC4CC(CC(C4)C2)C3)cc1. The van der Waals surface area contributed by atoms with E-state index in [0.717, 1.165) is 23.8 Å². The van der Waals surface area contributed by atoms with Crippen molar-refractivity contribution in [2.75, 3.05) is 4.90 Å². The molecule has 1 aromatic carbocycles. The van der Waals surface area contributed by atoms with Crippen molar-refractivity contribution in [1.82, 2.24) is 0 Å². The maximum Gasteiger partial charge on any atom is 0.0413 e. The molecule has 1 heteroatoms. The Morgan fingerprint density at radius 2 is 1.30 bits per heavy atom. The fraction of sp³-hybridized carbons (Fsp3) is 0.727. The number of nitrogens with zero attached hydrogens (tertiary/aromatic N) is 1. The Kier molecular flexibility index (Phi) is 3.46. The normalized spacial score (nSPS) is 39.6. The van der Waals surface area contributed by atoms with Crippen molar-refractivity contribution in [3.8, 4) is 0 Å². The molecule has 0 amide bonds. The van der Waals surface area contributed by atoms with Crippen molar-refractivity contribution in [3.63, 3.8) is 0 Å². The van der Waals surface area contributed by atoms with E-state index in [9.17, 15) is 0 Å². The monoisotopic (exact) mass is 309 g/mol. The Labute approximate surface area is 141 Å². The minimum Gasteiger partial charge on any atom is -0.363 e. The Hall–Kier alpha value is -0.980. The van der Waals surface area contributed by atoms with E-state index in [-0.39, 0.29) is 0 Å². The molecule has 5 aliphatic carbocycles. The van der Waals surface area contributed by atoms with Gasteiger partial charge in [-0.2, -0.15) is 0 Å². The quantitative estimate of drug-likeness (QED) is 0.682. The molecule has 0 aliphatic heterocycles. The van der Waals surface area contributed by atoms with Crippen LogP contribution < -0.4 is 4.90 Å². The van der Waals surface area contributed by atoms with Crippen LogP contribution in [-0.2, 0) is 0 Å². The summed E-state index contributed by atoms with van der Waals surface area (Å²) in [4.78, 5) is 2.98. The first-order chi connectivity index (χ1) is 11.3. The summed E-state index contributed by atoms with van der Waals surface area (Å²) in [7, 11) is 0. The lowest BCUT2D eigenvalue weighted by Gasteiger charge is -2.63. The van der Waals surface area contributed by atoms with Crippen LogP contribution in [0.3, 0.4) is 0 Å². The highest BCUT2D eigenvalue weighted by atomic mass is 15.2. The zero-order valence-corrected chi connectivity index (χ0v) is 14.4. The lowest BCUT2D eigenvalue weighted by Crippen LogP contribution is -2.63.